The van der Waals surface area contributed by atoms with E-state index in [0.717, 1.165) is 11.1 Å². The van der Waals surface area contributed by atoms with E-state index in [9.17, 15) is 9.59 Å². The van der Waals surface area contributed by atoms with Crippen molar-refractivity contribution in [2.75, 3.05) is 0 Å². The van der Waals surface area contributed by atoms with Crippen LogP contribution >= 0.6 is 0 Å². The minimum Gasteiger partial charge on any atom is -0.301 e. The first-order valence-electron chi connectivity index (χ1n) is 6.13. The Hall–Kier alpha value is -1.41. The first-order chi connectivity index (χ1) is 8.84. The van der Waals surface area contributed by atoms with Gasteiger partial charge in [-0.2, -0.15) is 23.8 Å². The molecule has 0 saturated heterocycles. The minimum atomic E-state index is -0.326. The number of aryl methyl sites for hydroxylation is 2. The van der Waals surface area contributed by atoms with Crippen molar-refractivity contribution in [3.63, 3.8) is 0 Å². The Labute approximate surface area is 132 Å². The zero-order chi connectivity index (χ0) is 14.3. The number of hydrogen-bond donors (Lipinski definition) is 0. The van der Waals surface area contributed by atoms with Gasteiger partial charge in [-0.05, 0) is 13.8 Å². The molecule has 0 unspecified atom stereocenters. The number of nitrogens with zero attached hydrogens (tertiary/aromatic N) is 2. The monoisotopic (exact) mass is 441 g/mol. The molecule has 2 rings (SSSR count). The standard InChI is InChI=1S/C15H17N2O2.W/c1-9-6-7-13(10(2)8-9)17-14(18)11(3)12(4)16(5)15(17)19;/h7-8H,1-5H3;/q-1;+2. The van der Waals surface area contributed by atoms with Crippen LogP contribution in [0.4, 0.5) is 0 Å². The maximum Gasteiger partial charge on any atom is 2.00 e. The minimum absolute atomic E-state index is 0. The van der Waals surface area contributed by atoms with E-state index in [1.807, 2.05) is 19.9 Å². The third-order valence-electron chi connectivity index (χ3n) is 3.56. The van der Waals surface area contributed by atoms with Crippen molar-refractivity contribution in [1.82, 2.24) is 9.13 Å². The van der Waals surface area contributed by atoms with Crippen molar-refractivity contribution in [3.8, 4) is 5.69 Å². The van der Waals surface area contributed by atoms with Crippen LogP contribution in [0.2, 0.25) is 0 Å². The van der Waals surface area contributed by atoms with E-state index in [2.05, 4.69) is 6.07 Å². The van der Waals surface area contributed by atoms with Gasteiger partial charge < -0.3 is 4.57 Å². The van der Waals surface area contributed by atoms with E-state index < -0.39 is 0 Å². The summed E-state index contributed by atoms with van der Waals surface area (Å²) in [7, 11) is 1.67. The maximum absolute atomic E-state index is 12.3. The van der Waals surface area contributed by atoms with E-state index in [0.29, 0.717) is 16.9 Å². The Morgan fingerprint density at radius 2 is 1.70 bits per heavy atom. The average molecular weight is 441 g/mol. The van der Waals surface area contributed by atoms with Crippen molar-refractivity contribution < 1.29 is 21.1 Å². The van der Waals surface area contributed by atoms with E-state index in [-0.39, 0.29) is 32.3 Å². The van der Waals surface area contributed by atoms with Gasteiger partial charge in [-0.3, -0.25) is 9.36 Å². The smallest absolute Gasteiger partial charge is 0.301 e. The predicted octanol–water partition coefficient (Wildman–Crippen LogP) is 1.57. The molecule has 0 bridgehead atoms. The van der Waals surface area contributed by atoms with Gasteiger partial charge in [0.15, 0.2) is 0 Å². The molecular weight excluding hydrogens is 424 g/mol. The van der Waals surface area contributed by atoms with Crippen molar-refractivity contribution in [3.05, 3.63) is 61.4 Å². The molecule has 1 aromatic heterocycles. The van der Waals surface area contributed by atoms with Crippen LogP contribution in [-0.2, 0) is 28.1 Å². The molecule has 0 spiro atoms. The Bertz CT molecular complexity index is 735. The van der Waals surface area contributed by atoms with E-state index in [1.165, 1.54) is 9.13 Å². The Kier molecular flexibility index (Phi) is 4.93. The summed E-state index contributed by atoms with van der Waals surface area (Å²) in [5.41, 5.74) is 3.16. The van der Waals surface area contributed by atoms with Crippen LogP contribution in [0.5, 0.6) is 0 Å². The fourth-order valence-corrected chi connectivity index (χ4v) is 2.14. The molecule has 1 aromatic carbocycles. The summed E-state index contributed by atoms with van der Waals surface area (Å²) < 4.78 is 2.71. The molecule has 0 saturated carbocycles. The van der Waals surface area contributed by atoms with Gasteiger partial charge in [0.25, 0.3) is 5.56 Å². The predicted molar refractivity (Wildman–Crippen MR) is 75.1 cm³/mol. The molecular formula is C15H17N2O2W+. The number of benzene rings is 1. The second kappa shape index (κ2) is 5.92. The number of aromatic nitrogens is 2. The molecule has 0 amide bonds. The molecule has 0 fully saturated rings. The van der Waals surface area contributed by atoms with Gasteiger partial charge in [-0.1, -0.05) is 19.5 Å². The van der Waals surface area contributed by atoms with Crippen molar-refractivity contribution >= 4 is 0 Å². The van der Waals surface area contributed by atoms with Crippen LogP contribution in [0.3, 0.4) is 0 Å². The number of rotatable bonds is 1. The van der Waals surface area contributed by atoms with Gasteiger partial charge in [0.05, 0.1) is 0 Å². The average Bonchev–Trinajstić information content (AvgIpc) is 2.37. The van der Waals surface area contributed by atoms with E-state index in [4.69, 9.17) is 0 Å². The summed E-state index contributed by atoms with van der Waals surface area (Å²) >= 11 is 0. The first-order valence-corrected chi connectivity index (χ1v) is 6.13. The zero-order valence-corrected chi connectivity index (χ0v) is 15.2. The molecule has 0 aliphatic rings. The van der Waals surface area contributed by atoms with Crippen LogP contribution in [0.15, 0.2) is 21.7 Å². The molecule has 0 atom stereocenters. The number of hydrogen-bond acceptors (Lipinski definition) is 2. The summed E-state index contributed by atoms with van der Waals surface area (Å²) in [6.45, 7) is 7.33. The SMILES string of the molecule is Cc1[c-]cc(-n2c(=O)c(C)c(C)n(C)c2=O)c(C)c1.[W+2]. The molecule has 5 heteroatoms. The topological polar surface area (TPSA) is 44.0 Å². The van der Waals surface area contributed by atoms with Gasteiger partial charge in [0.2, 0.25) is 0 Å². The third-order valence-corrected chi connectivity index (χ3v) is 3.56. The summed E-state index contributed by atoms with van der Waals surface area (Å²) in [6, 6.07) is 6.65. The van der Waals surface area contributed by atoms with Crippen molar-refractivity contribution in [1.29, 1.82) is 0 Å². The molecule has 0 aliphatic heterocycles. The van der Waals surface area contributed by atoms with Crippen LogP contribution in [0.25, 0.3) is 5.69 Å². The van der Waals surface area contributed by atoms with Gasteiger partial charge in [-0.25, -0.2) is 4.79 Å². The van der Waals surface area contributed by atoms with E-state index >= 15 is 0 Å². The van der Waals surface area contributed by atoms with Gasteiger partial charge in [0, 0.05) is 18.3 Å². The van der Waals surface area contributed by atoms with Crippen LogP contribution in [0.1, 0.15) is 22.4 Å². The molecule has 2 aromatic rings. The molecule has 0 N–H and O–H groups in total. The molecule has 0 radical (unpaired) electrons. The van der Waals surface area contributed by atoms with Gasteiger partial charge >= 0.3 is 26.8 Å². The summed E-state index contributed by atoms with van der Waals surface area (Å²) in [4.78, 5) is 24.6. The summed E-state index contributed by atoms with van der Waals surface area (Å²) in [6.07, 6.45) is 0. The van der Waals surface area contributed by atoms with Crippen molar-refractivity contribution in [2.45, 2.75) is 27.7 Å². The second-order valence-corrected chi connectivity index (χ2v) is 4.88. The van der Waals surface area contributed by atoms with Gasteiger partial charge in [0.1, 0.15) is 0 Å². The summed E-state index contributed by atoms with van der Waals surface area (Å²) in [5, 5.41) is 0. The molecule has 4 nitrogen and oxygen atoms in total. The normalized spacial score (nSPS) is 10.2. The third kappa shape index (κ3) is 2.57. The van der Waals surface area contributed by atoms with Crippen LogP contribution in [-0.4, -0.2) is 9.13 Å². The molecule has 20 heavy (non-hydrogen) atoms. The van der Waals surface area contributed by atoms with Crippen molar-refractivity contribution in [2.24, 2.45) is 7.05 Å². The Morgan fingerprint density at radius 3 is 2.25 bits per heavy atom. The van der Waals surface area contributed by atoms with Gasteiger partial charge in [-0.15, -0.1) is 5.56 Å². The Morgan fingerprint density at radius 1 is 1.10 bits per heavy atom. The second-order valence-electron chi connectivity index (χ2n) is 4.88. The van der Waals surface area contributed by atoms with Crippen LogP contribution < -0.4 is 11.2 Å². The fourth-order valence-electron chi connectivity index (χ4n) is 2.14. The summed E-state index contributed by atoms with van der Waals surface area (Å²) in [5.74, 6) is 0. The van der Waals surface area contributed by atoms with E-state index in [1.54, 1.807) is 27.0 Å². The molecule has 104 valence electrons. The van der Waals surface area contributed by atoms with Crippen LogP contribution in [0, 0.1) is 33.8 Å². The Balaban J connectivity index is 0.00000200. The largest absolute Gasteiger partial charge is 2.00 e. The first kappa shape index (κ1) is 16.6. The molecule has 1 heterocycles. The zero-order valence-electron chi connectivity index (χ0n) is 12.3. The maximum atomic E-state index is 12.3. The molecule has 0 aliphatic carbocycles. The fraction of sp³-hybridized carbons (Fsp3) is 0.333. The quantitative estimate of drug-likeness (QED) is 0.631.